The second-order valence-corrected chi connectivity index (χ2v) is 7.41. The minimum absolute atomic E-state index is 0.122. The highest BCUT2D eigenvalue weighted by Crippen LogP contribution is 2.31. The van der Waals surface area contributed by atoms with Gasteiger partial charge in [-0.1, -0.05) is 6.07 Å². The first-order chi connectivity index (χ1) is 12.2. The van der Waals surface area contributed by atoms with E-state index in [1.807, 2.05) is 30.0 Å². The monoisotopic (exact) mass is 359 g/mol. The Labute approximate surface area is 153 Å². The van der Waals surface area contributed by atoms with Gasteiger partial charge in [0.1, 0.15) is 0 Å². The zero-order chi connectivity index (χ0) is 17.8. The average Bonchev–Trinajstić information content (AvgIpc) is 3.09. The zero-order valence-corrected chi connectivity index (χ0v) is 15.9. The van der Waals surface area contributed by atoms with E-state index < -0.39 is 0 Å². The van der Waals surface area contributed by atoms with Gasteiger partial charge >= 0.3 is 0 Å². The number of amides is 1. The van der Waals surface area contributed by atoms with Crippen molar-refractivity contribution in [1.29, 1.82) is 0 Å². The van der Waals surface area contributed by atoms with Gasteiger partial charge in [0.2, 0.25) is 0 Å². The first-order valence-corrected chi connectivity index (χ1v) is 9.59. The van der Waals surface area contributed by atoms with Gasteiger partial charge in [0.05, 0.1) is 19.1 Å². The van der Waals surface area contributed by atoms with E-state index in [2.05, 4.69) is 6.07 Å². The molecule has 0 fully saturated rings. The molecule has 1 amide bonds. The van der Waals surface area contributed by atoms with Crippen LogP contribution >= 0.6 is 11.3 Å². The molecule has 3 rings (SSSR count). The van der Waals surface area contributed by atoms with Crippen LogP contribution in [0.15, 0.2) is 24.3 Å². The molecule has 0 N–H and O–H groups in total. The predicted octanol–water partition coefficient (Wildman–Crippen LogP) is 4.31. The van der Waals surface area contributed by atoms with Crippen LogP contribution < -0.4 is 9.47 Å². The molecule has 1 aromatic heterocycles. The van der Waals surface area contributed by atoms with Crippen LogP contribution in [0.2, 0.25) is 0 Å². The molecule has 0 radical (unpaired) electrons. The Bertz CT molecular complexity index is 730. The summed E-state index contributed by atoms with van der Waals surface area (Å²) in [5.74, 6) is 1.51. The topological polar surface area (TPSA) is 38.8 Å². The third kappa shape index (κ3) is 3.82. The molecule has 134 valence electrons. The minimum atomic E-state index is 0.122. The van der Waals surface area contributed by atoms with Gasteiger partial charge in [0.25, 0.3) is 5.91 Å². The lowest BCUT2D eigenvalue weighted by Gasteiger charge is -2.21. The summed E-state index contributed by atoms with van der Waals surface area (Å²) in [7, 11) is 3.25. The van der Waals surface area contributed by atoms with E-state index in [1.165, 1.54) is 23.3 Å². The highest BCUT2D eigenvalue weighted by Gasteiger charge is 2.21. The van der Waals surface area contributed by atoms with Crippen LogP contribution in [0.5, 0.6) is 11.5 Å². The Morgan fingerprint density at radius 3 is 2.56 bits per heavy atom. The van der Waals surface area contributed by atoms with Crippen molar-refractivity contribution in [2.24, 2.45) is 0 Å². The summed E-state index contributed by atoms with van der Waals surface area (Å²) in [6.07, 6.45) is 4.71. The highest BCUT2D eigenvalue weighted by molar-refractivity contribution is 7.14. The number of benzene rings is 1. The minimum Gasteiger partial charge on any atom is -0.493 e. The number of carbonyl (C=O) groups excluding carboxylic acids is 1. The van der Waals surface area contributed by atoms with E-state index in [0.717, 1.165) is 23.3 Å². The fourth-order valence-electron chi connectivity index (χ4n) is 3.28. The van der Waals surface area contributed by atoms with E-state index in [-0.39, 0.29) is 5.91 Å². The summed E-state index contributed by atoms with van der Waals surface area (Å²) in [5, 5.41) is 0. The number of hydrogen-bond donors (Lipinski definition) is 0. The number of thiophene rings is 1. The van der Waals surface area contributed by atoms with Crippen molar-refractivity contribution in [2.75, 3.05) is 20.8 Å². The van der Waals surface area contributed by atoms with Crippen molar-refractivity contribution in [3.8, 4) is 11.5 Å². The smallest absolute Gasteiger partial charge is 0.264 e. The maximum Gasteiger partial charge on any atom is 0.264 e. The number of ether oxygens (including phenoxy) is 2. The standard InChI is InChI=1S/C20H25NO3S/c1-4-21(13-14-9-10-16(23-2)17(11-14)24-3)20(22)19-12-15-7-5-6-8-18(15)25-19/h9-12H,4-8,13H2,1-3H3. The van der Waals surface area contributed by atoms with Crippen LogP contribution in [0.1, 0.15) is 45.4 Å². The Kier molecular flexibility index (Phi) is 5.63. The molecule has 0 bridgehead atoms. The number of fused-ring (bicyclic) bond motifs is 1. The molecule has 0 spiro atoms. The van der Waals surface area contributed by atoms with E-state index in [9.17, 15) is 4.79 Å². The van der Waals surface area contributed by atoms with Crippen LogP contribution in [0.3, 0.4) is 0 Å². The Hall–Kier alpha value is -2.01. The van der Waals surface area contributed by atoms with Gasteiger partial charge in [-0.2, -0.15) is 0 Å². The van der Waals surface area contributed by atoms with Crippen molar-refractivity contribution in [3.05, 3.63) is 45.1 Å². The predicted molar refractivity (Wildman–Crippen MR) is 101 cm³/mol. The van der Waals surface area contributed by atoms with Gasteiger partial charge in [-0.3, -0.25) is 4.79 Å². The third-order valence-electron chi connectivity index (χ3n) is 4.70. The fourth-order valence-corrected chi connectivity index (χ4v) is 4.50. The van der Waals surface area contributed by atoms with E-state index in [1.54, 1.807) is 25.6 Å². The quantitative estimate of drug-likeness (QED) is 0.772. The van der Waals surface area contributed by atoms with Crippen LogP contribution in [0.4, 0.5) is 0 Å². The Balaban J connectivity index is 1.78. The molecule has 0 atom stereocenters. The number of aryl methyl sites for hydroxylation is 2. The van der Waals surface area contributed by atoms with Gasteiger partial charge in [-0.05, 0) is 61.9 Å². The molecule has 5 heteroatoms. The molecule has 0 saturated carbocycles. The normalized spacial score (nSPS) is 13.2. The number of rotatable bonds is 6. The van der Waals surface area contributed by atoms with E-state index in [4.69, 9.17) is 9.47 Å². The molecule has 0 unspecified atom stereocenters. The maximum atomic E-state index is 13.0. The zero-order valence-electron chi connectivity index (χ0n) is 15.1. The highest BCUT2D eigenvalue weighted by atomic mass is 32.1. The molecule has 1 aromatic carbocycles. The fraction of sp³-hybridized carbons (Fsp3) is 0.450. The van der Waals surface area contributed by atoms with Crippen LogP contribution in [-0.2, 0) is 19.4 Å². The maximum absolute atomic E-state index is 13.0. The summed E-state index contributed by atoms with van der Waals surface area (Å²) in [5.41, 5.74) is 2.41. The summed E-state index contributed by atoms with van der Waals surface area (Å²) < 4.78 is 10.6. The van der Waals surface area contributed by atoms with Crippen LogP contribution in [0.25, 0.3) is 0 Å². The van der Waals surface area contributed by atoms with Crippen molar-refractivity contribution in [2.45, 2.75) is 39.2 Å². The van der Waals surface area contributed by atoms with E-state index in [0.29, 0.717) is 24.6 Å². The van der Waals surface area contributed by atoms with Gasteiger partial charge in [-0.15, -0.1) is 11.3 Å². The van der Waals surface area contributed by atoms with Crippen molar-refractivity contribution in [3.63, 3.8) is 0 Å². The SMILES string of the molecule is CCN(Cc1ccc(OC)c(OC)c1)C(=O)c1cc2c(s1)CCCC2. The molecular formula is C20H25NO3S. The molecular weight excluding hydrogens is 334 g/mol. The largest absolute Gasteiger partial charge is 0.493 e. The van der Waals surface area contributed by atoms with Gasteiger partial charge in [0.15, 0.2) is 11.5 Å². The van der Waals surface area contributed by atoms with Crippen molar-refractivity contribution >= 4 is 17.2 Å². The second-order valence-electron chi connectivity index (χ2n) is 6.27. The first-order valence-electron chi connectivity index (χ1n) is 8.78. The molecule has 0 aliphatic heterocycles. The Morgan fingerprint density at radius 2 is 1.88 bits per heavy atom. The molecule has 0 saturated heterocycles. The van der Waals surface area contributed by atoms with E-state index >= 15 is 0 Å². The van der Waals surface area contributed by atoms with Gasteiger partial charge < -0.3 is 14.4 Å². The van der Waals surface area contributed by atoms with Gasteiger partial charge in [0, 0.05) is 18.0 Å². The number of nitrogens with zero attached hydrogens (tertiary/aromatic N) is 1. The number of carbonyl (C=O) groups is 1. The summed E-state index contributed by atoms with van der Waals surface area (Å²) in [6, 6.07) is 7.92. The lowest BCUT2D eigenvalue weighted by Crippen LogP contribution is -2.29. The summed E-state index contributed by atoms with van der Waals surface area (Å²) in [6.45, 7) is 3.26. The molecule has 2 aromatic rings. The van der Waals surface area contributed by atoms with Crippen LogP contribution in [0, 0.1) is 0 Å². The number of hydrogen-bond acceptors (Lipinski definition) is 4. The number of methoxy groups -OCH3 is 2. The lowest BCUT2D eigenvalue weighted by atomic mass is 9.99. The Morgan fingerprint density at radius 1 is 1.12 bits per heavy atom. The lowest BCUT2D eigenvalue weighted by molar-refractivity contribution is 0.0757. The first kappa shape index (κ1) is 17.8. The van der Waals surface area contributed by atoms with Crippen molar-refractivity contribution in [1.82, 2.24) is 4.90 Å². The van der Waals surface area contributed by atoms with Gasteiger partial charge in [-0.25, -0.2) is 0 Å². The molecule has 4 nitrogen and oxygen atoms in total. The second kappa shape index (κ2) is 7.91. The molecule has 1 aliphatic carbocycles. The molecule has 1 heterocycles. The van der Waals surface area contributed by atoms with Crippen molar-refractivity contribution < 1.29 is 14.3 Å². The molecule has 25 heavy (non-hydrogen) atoms. The summed E-state index contributed by atoms with van der Waals surface area (Å²) >= 11 is 1.68. The summed E-state index contributed by atoms with van der Waals surface area (Å²) in [4.78, 5) is 17.1. The molecule has 1 aliphatic rings. The van der Waals surface area contributed by atoms with Crippen LogP contribution in [-0.4, -0.2) is 31.6 Å². The third-order valence-corrected chi connectivity index (χ3v) is 5.92. The average molecular weight is 359 g/mol.